The molecule has 29 heavy (non-hydrogen) atoms. The Kier molecular flexibility index (Phi) is 6.50. The molecule has 0 N–H and O–H groups in total. The van der Waals surface area contributed by atoms with Crippen LogP contribution in [0.15, 0.2) is 54.6 Å². The first-order valence-electron chi connectivity index (χ1n) is 9.24. The Bertz CT molecular complexity index is 944. The molecule has 2 aromatic carbocycles. The van der Waals surface area contributed by atoms with Gasteiger partial charge in [-0.2, -0.15) is 0 Å². The van der Waals surface area contributed by atoms with Crippen molar-refractivity contribution in [3.63, 3.8) is 0 Å². The van der Waals surface area contributed by atoms with Gasteiger partial charge < -0.3 is 23.7 Å². The van der Waals surface area contributed by atoms with Gasteiger partial charge >= 0.3 is 0 Å². The van der Waals surface area contributed by atoms with E-state index in [1.54, 1.807) is 35.5 Å². The Morgan fingerprint density at radius 2 is 1.41 bits per heavy atom. The Balaban J connectivity index is 2.21. The fraction of sp³-hybridized carbons (Fsp3) is 0.250. The summed E-state index contributed by atoms with van der Waals surface area (Å²) in [6, 6.07) is 9.66. The standard InChI is InChI=1S/C24H26O5/c1-25-18-11-12-19(22(15-18)27-3)20(16-8-6-7-9-16)14-17-10-13-21(26-2)24(29-5)23(17)28-4/h6-16H,1-5H3/b20-14+. The summed E-state index contributed by atoms with van der Waals surface area (Å²) in [6.45, 7) is 0. The molecule has 5 nitrogen and oxygen atoms in total. The van der Waals surface area contributed by atoms with Gasteiger partial charge in [0.2, 0.25) is 5.75 Å². The Morgan fingerprint density at radius 1 is 0.724 bits per heavy atom. The second-order valence-corrected chi connectivity index (χ2v) is 6.39. The van der Waals surface area contributed by atoms with Crippen LogP contribution in [0.3, 0.4) is 0 Å². The third-order valence-electron chi connectivity index (χ3n) is 4.87. The molecule has 0 spiro atoms. The van der Waals surface area contributed by atoms with E-state index in [0.717, 1.165) is 28.2 Å². The number of hydrogen-bond acceptors (Lipinski definition) is 5. The minimum Gasteiger partial charge on any atom is -0.497 e. The van der Waals surface area contributed by atoms with Gasteiger partial charge in [-0.1, -0.05) is 24.3 Å². The maximum Gasteiger partial charge on any atom is 0.203 e. The van der Waals surface area contributed by atoms with E-state index in [0.29, 0.717) is 17.2 Å². The lowest BCUT2D eigenvalue weighted by Gasteiger charge is -2.19. The number of ether oxygens (including phenoxy) is 5. The molecule has 0 atom stereocenters. The summed E-state index contributed by atoms with van der Waals surface area (Å²) in [6.07, 6.45) is 10.5. The van der Waals surface area contributed by atoms with Gasteiger partial charge in [0.25, 0.3) is 0 Å². The molecule has 0 amide bonds. The van der Waals surface area contributed by atoms with Crippen molar-refractivity contribution in [1.82, 2.24) is 0 Å². The van der Waals surface area contributed by atoms with Gasteiger partial charge in [0.15, 0.2) is 11.5 Å². The highest BCUT2D eigenvalue weighted by Crippen LogP contribution is 2.43. The highest BCUT2D eigenvalue weighted by atomic mass is 16.5. The Morgan fingerprint density at radius 3 is 2.00 bits per heavy atom. The van der Waals surface area contributed by atoms with Gasteiger partial charge in [0.05, 0.1) is 35.5 Å². The summed E-state index contributed by atoms with van der Waals surface area (Å²) in [4.78, 5) is 0. The minimum absolute atomic E-state index is 0.107. The quantitative estimate of drug-likeness (QED) is 0.589. The summed E-state index contributed by atoms with van der Waals surface area (Å²) in [7, 11) is 8.13. The lowest BCUT2D eigenvalue weighted by atomic mass is 9.90. The lowest BCUT2D eigenvalue weighted by molar-refractivity contribution is 0.324. The van der Waals surface area contributed by atoms with Gasteiger partial charge in [-0.15, -0.1) is 0 Å². The van der Waals surface area contributed by atoms with Crippen molar-refractivity contribution in [2.24, 2.45) is 5.92 Å². The summed E-state index contributed by atoms with van der Waals surface area (Å²) in [5, 5.41) is 0. The molecule has 0 saturated carbocycles. The predicted octanol–water partition coefficient (Wildman–Crippen LogP) is 5.01. The van der Waals surface area contributed by atoms with Crippen molar-refractivity contribution in [2.45, 2.75) is 0 Å². The van der Waals surface area contributed by atoms with E-state index in [1.165, 1.54) is 0 Å². The molecule has 0 heterocycles. The minimum atomic E-state index is 0.107. The Hall–Kier alpha value is -3.34. The van der Waals surface area contributed by atoms with Gasteiger partial charge in [0.1, 0.15) is 11.5 Å². The fourth-order valence-electron chi connectivity index (χ4n) is 3.44. The third-order valence-corrected chi connectivity index (χ3v) is 4.87. The topological polar surface area (TPSA) is 46.2 Å². The van der Waals surface area contributed by atoms with E-state index < -0.39 is 0 Å². The van der Waals surface area contributed by atoms with Crippen LogP contribution in [0.1, 0.15) is 11.1 Å². The van der Waals surface area contributed by atoms with E-state index in [9.17, 15) is 0 Å². The van der Waals surface area contributed by atoms with Gasteiger partial charge in [0, 0.05) is 23.1 Å². The maximum atomic E-state index is 5.67. The van der Waals surface area contributed by atoms with Crippen LogP contribution in [-0.4, -0.2) is 35.5 Å². The van der Waals surface area contributed by atoms with Gasteiger partial charge in [-0.3, -0.25) is 0 Å². The number of hydrogen-bond donors (Lipinski definition) is 0. The molecular formula is C24H26O5. The average Bonchev–Trinajstić information content (AvgIpc) is 3.30. The summed E-state index contributed by atoms with van der Waals surface area (Å²) >= 11 is 0. The number of rotatable bonds is 8. The smallest absolute Gasteiger partial charge is 0.203 e. The number of benzene rings is 2. The van der Waals surface area contributed by atoms with Gasteiger partial charge in [-0.25, -0.2) is 0 Å². The molecule has 5 heteroatoms. The second-order valence-electron chi connectivity index (χ2n) is 6.39. The first kappa shape index (κ1) is 20.4. The zero-order valence-corrected chi connectivity index (χ0v) is 17.4. The fourth-order valence-corrected chi connectivity index (χ4v) is 3.44. The van der Waals surface area contributed by atoms with Crippen LogP contribution in [0.2, 0.25) is 0 Å². The highest BCUT2D eigenvalue weighted by Gasteiger charge is 2.20. The first-order chi connectivity index (χ1) is 14.2. The summed E-state index contributed by atoms with van der Waals surface area (Å²) in [5.74, 6) is 3.38. The molecule has 2 aromatic rings. The molecule has 0 bridgehead atoms. The predicted molar refractivity (Wildman–Crippen MR) is 115 cm³/mol. The van der Waals surface area contributed by atoms with Crippen LogP contribution in [0.25, 0.3) is 11.6 Å². The molecule has 1 aliphatic carbocycles. The van der Waals surface area contributed by atoms with Gasteiger partial charge in [-0.05, 0) is 35.9 Å². The molecule has 0 radical (unpaired) electrons. The van der Waals surface area contributed by atoms with Crippen LogP contribution in [-0.2, 0) is 0 Å². The van der Waals surface area contributed by atoms with Crippen molar-refractivity contribution in [3.8, 4) is 28.7 Å². The molecule has 3 rings (SSSR count). The van der Waals surface area contributed by atoms with E-state index in [2.05, 4.69) is 18.2 Å². The third kappa shape index (κ3) is 4.09. The normalized spacial score (nSPS) is 13.5. The summed E-state index contributed by atoms with van der Waals surface area (Å²) < 4.78 is 27.6. The molecule has 152 valence electrons. The molecule has 0 fully saturated rings. The van der Waals surface area contributed by atoms with Crippen LogP contribution in [0, 0.1) is 5.92 Å². The van der Waals surface area contributed by atoms with E-state index in [4.69, 9.17) is 23.7 Å². The van der Waals surface area contributed by atoms with Crippen LogP contribution < -0.4 is 23.7 Å². The van der Waals surface area contributed by atoms with E-state index in [1.807, 2.05) is 42.5 Å². The second kappa shape index (κ2) is 9.24. The average molecular weight is 394 g/mol. The molecule has 0 saturated heterocycles. The molecule has 0 aromatic heterocycles. The monoisotopic (exact) mass is 394 g/mol. The van der Waals surface area contributed by atoms with Crippen molar-refractivity contribution in [3.05, 3.63) is 65.8 Å². The maximum absolute atomic E-state index is 5.67. The molecule has 0 aliphatic heterocycles. The van der Waals surface area contributed by atoms with Crippen molar-refractivity contribution in [1.29, 1.82) is 0 Å². The zero-order valence-electron chi connectivity index (χ0n) is 17.4. The highest BCUT2D eigenvalue weighted by molar-refractivity contribution is 5.89. The van der Waals surface area contributed by atoms with E-state index in [-0.39, 0.29) is 5.92 Å². The molecule has 1 aliphatic rings. The van der Waals surface area contributed by atoms with E-state index >= 15 is 0 Å². The molecule has 0 unspecified atom stereocenters. The largest absolute Gasteiger partial charge is 0.497 e. The van der Waals surface area contributed by atoms with Crippen molar-refractivity contribution >= 4 is 11.6 Å². The van der Waals surface area contributed by atoms with Crippen LogP contribution in [0.5, 0.6) is 28.7 Å². The number of methoxy groups -OCH3 is 5. The van der Waals surface area contributed by atoms with Crippen LogP contribution >= 0.6 is 0 Å². The SMILES string of the molecule is COc1ccc(/C(=C/c2ccc(OC)c(OC)c2OC)C2C=CC=C2)c(OC)c1. The number of allylic oxidation sites excluding steroid dienone is 5. The molecular weight excluding hydrogens is 368 g/mol. The Labute approximate surface area is 171 Å². The van der Waals surface area contributed by atoms with Crippen LogP contribution in [0.4, 0.5) is 0 Å². The lowest BCUT2D eigenvalue weighted by Crippen LogP contribution is -2.01. The van der Waals surface area contributed by atoms with Crippen molar-refractivity contribution in [2.75, 3.05) is 35.5 Å². The zero-order chi connectivity index (χ0) is 20.8. The van der Waals surface area contributed by atoms with Crippen molar-refractivity contribution < 1.29 is 23.7 Å². The summed E-state index contributed by atoms with van der Waals surface area (Å²) in [5.41, 5.74) is 2.93. The first-order valence-corrected chi connectivity index (χ1v) is 9.24.